The van der Waals surface area contributed by atoms with Gasteiger partial charge in [0.25, 0.3) is 5.69 Å². The Bertz CT molecular complexity index is 639. The van der Waals surface area contributed by atoms with E-state index in [4.69, 9.17) is 0 Å². The zero-order valence-corrected chi connectivity index (χ0v) is 12.1. The maximum absolute atomic E-state index is 11.0. The molecule has 0 radical (unpaired) electrons. The molecule has 21 heavy (non-hydrogen) atoms. The number of carbonyl (C=O) groups is 1. The summed E-state index contributed by atoms with van der Waals surface area (Å²) >= 11 is 1.42. The van der Waals surface area contributed by atoms with Crippen molar-refractivity contribution in [3.05, 3.63) is 39.4 Å². The molecule has 1 aromatic carbocycles. The van der Waals surface area contributed by atoms with E-state index < -0.39 is 4.92 Å². The Balaban J connectivity index is 1.99. The number of nitro benzene ring substituents is 1. The van der Waals surface area contributed by atoms with Crippen LogP contribution in [-0.4, -0.2) is 28.2 Å². The molecular formula is C13H13N3O4S. The van der Waals surface area contributed by atoms with Gasteiger partial charge in [-0.1, -0.05) is 11.3 Å². The van der Waals surface area contributed by atoms with Crippen LogP contribution < -0.4 is 0 Å². The van der Waals surface area contributed by atoms with E-state index >= 15 is 0 Å². The van der Waals surface area contributed by atoms with Crippen molar-refractivity contribution >= 4 is 23.0 Å². The van der Waals surface area contributed by atoms with E-state index in [0.29, 0.717) is 24.3 Å². The standard InChI is InChI=1S/C13H13N3O4S/c1-20-12(17)4-2-3-11-14-15-13(21-11)9-5-7-10(8-6-9)16(18)19/h5-8H,2-4H2,1H3. The quantitative estimate of drug-likeness (QED) is 0.462. The lowest BCUT2D eigenvalue weighted by Crippen LogP contribution is -2.00. The van der Waals surface area contributed by atoms with Crippen molar-refractivity contribution in [2.45, 2.75) is 19.3 Å². The predicted octanol–water partition coefficient (Wildman–Crippen LogP) is 2.61. The third-order valence-corrected chi connectivity index (χ3v) is 3.82. The highest BCUT2D eigenvalue weighted by Gasteiger charge is 2.10. The predicted molar refractivity (Wildman–Crippen MR) is 77.0 cm³/mol. The number of hydrogen-bond donors (Lipinski definition) is 0. The Morgan fingerprint density at radius 1 is 1.33 bits per heavy atom. The zero-order chi connectivity index (χ0) is 15.2. The van der Waals surface area contributed by atoms with Crippen LogP contribution in [0.15, 0.2) is 24.3 Å². The second kappa shape index (κ2) is 6.89. The minimum Gasteiger partial charge on any atom is -0.469 e. The van der Waals surface area contributed by atoms with Crippen molar-refractivity contribution in [2.75, 3.05) is 7.11 Å². The van der Waals surface area contributed by atoms with Crippen molar-refractivity contribution in [1.82, 2.24) is 10.2 Å². The van der Waals surface area contributed by atoms with Gasteiger partial charge in [-0.05, 0) is 18.6 Å². The van der Waals surface area contributed by atoms with Crippen molar-refractivity contribution in [1.29, 1.82) is 0 Å². The number of ether oxygens (including phenoxy) is 1. The van der Waals surface area contributed by atoms with Gasteiger partial charge in [0, 0.05) is 30.5 Å². The molecule has 1 heterocycles. The van der Waals surface area contributed by atoms with E-state index in [1.165, 1.54) is 30.6 Å². The minimum atomic E-state index is -0.442. The van der Waals surface area contributed by atoms with Crippen molar-refractivity contribution < 1.29 is 14.5 Å². The van der Waals surface area contributed by atoms with Crippen molar-refractivity contribution in [3.63, 3.8) is 0 Å². The molecule has 1 aromatic heterocycles. The van der Waals surface area contributed by atoms with E-state index in [-0.39, 0.29) is 11.7 Å². The van der Waals surface area contributed by atoms with Crippen LogP contribution in [0.2, 0.25) is 0 Å². The van der Waals surface area contributed by atoms with Crippen LogP contribution in [0.4, 0.5) is 5.69 Å². The molecule has 2 rings (SSSR count). The monoisotopic (exact) mass is 307 g/mol. The van der Waals surface area contributed by atoms with Crippen LogP contribution >= 0.6 is 11.3 Å². The topological polar surface area (TPSA) is 95.2 Å². The number of esters is 1. The number of aryl methyl sites for hydroxylation is 1. The summed E-state index contributed by atoms with van der Waals surface area (Å²) in [6, 6.07) is 6.18. The van der Waals surface area contributed by atoms with Crippen LogP contribution in [-0.2, 0) is 16.0 Å². The maximum Gasteiger partial charge on any atom is 0.305 e. The number of methoxy groups -OCH3 is 1. The fraction of sp³-hybridized carbons (Fsp3) is 0.308. The summed E-state index contributed by atoms with van der Waals surface area (Å²) in [4.78, 5) is 21.2. The Morgan fingerprint density at radius 2 is 2.05 bits per heavy atom. The number of carbonyl (C=O) groups excluding carboxylic acids is 1. The summed E-state index contributed by atoms with van der Waals surface area (Å²) in [5, 5.41) is 20.2. The molecular weight excluding hydrogens is 294 g/mol. The molecule has 110 valence electrons. The van der Waals surface area contributed by atoms with Crippen LogP contribution in [0, 0.1) is 10.1 Å². The normalized spacial score (nSPS) is 10.3. The summed E-state index contributed by atoms with van der Waals surface area (Å²) in [5.41, 5.74) is 0.832. The highest BCUT2D eigenvalue weighted by atomic mass is 32.1. The molecule has 0 atom stereocenters. The molecule has 0 aliphatic carbocycles. The maximum atomic E-state index is 11.0. The van der Waals surface area contributed by atoms with Gasteiger partial charge in [0.1, 0.15) is 10.0 Å². The third-order valence-electron chi connectivity index (χ3n) is 2.79. The first-order valence-electron chi connectivity index (χ1n) is 6.24. The highest BCUT2D eigenvalue weighted by Crippen LogP contribution is 2.26. The van der Waals surface area contributed by atoms with E-state index in [2.05, 4.69) is 14.9 Å². The molecule has 0 fully saturated rings. The van der Waals surface area contributed by atoms with E-state index in [1.807, 2.05) is 0 Å². The number of aromatic nitrogens is 2. The van der Waals surface area contributed by atoms with Crippen molar-refractivity contribution in [2.24, 2.45) is 0 Å². The Hall–Kier alpha value is -2.35. The summed E-state index contributed by atoms with van der Waals surface area (Å²) < 4.78 is 4.57. The van der Waals surface area contributed by atoms with Crippen LogP contribution in [0.1, 0.15) is 17.8 Å². The lowest BCUT2D eigenvalue weighted by molar-refractivity contribution is -0.384. The Morgan fingerprint density at radius 3 is 2.67 bits per heavy atom. The molecule has 0 N–H and O–H groups in total. The molecule has 0 aliphatic heterocycles. The second-order valence-electron chi connectivity index (χ2n) is 4.23. The number of hydrogen-bond acceptors (Lipinski definition) is 7. The van der Waals surface area contributed by atoms with Gasteiger partial charge >= 0.3 is 5.97 Å². The fourth-order valence-corrected chi connectivity index (χ4v) is 2.57. The van der Waals surface area contributed by atoms with E-state index in [0.717, 1.165) is 10.6 Å². The van der Waals surface area contributed by atoms with E-state index in [1.54, 1.807) is 12.1 Å². The third kappa shape index (κ3) is 4.06. The SMILES string of the molecule is COC(=O)CCCc1nnc(-c2ccc([N+](=O)[O-])cc2)s1. The molecule has 0 saturated heterocycles. The molecule has 7 nitrogen and oxygen atoms in total. The molecule has 0 amide bonds. The average molecular weight is 307 g/mol. The van der Waals surface area contributed by atoms with Gasteiger partial charge in [-0.15, -0.1) is 10.2 Å². The first-order valence-corrected chi connectivity index (χ1v) is 7.06. The van der Waals surface area contributed by atoms with E-state index in [9.17, 15) is 14.9 Å². The number of rotatable bonds is 6. The molecule has 0 spiro atoms. The van der Waals surface area contributed by atoms with Gasteiger partial charge in [0.15, 0.2) is 0 Å². The highest BCUT2D eigenvalue weighted by molar-refractivity contribution is 7.14. The molecule has 0 bridgehead atoms. The number of non-ortho nitro benzene ring substituents is 1. The first-order chi connectivity index (χ1) is 10.1. The van der Waals surface area contributed by atoms with Crippen LogP contribution in [0.3, 0.4) is 0 Å². The van der Waals surface area contributed by atoms with Gasteiger partial charge in [-0.25, -0.2) is 0 Å². The molecule has 0 saturated carbocycles. The molecule has 2 aromatic rings. The Labute approximate surface area is 124 Å². The minimum absolute atomic E-state index is 0.0431. The van der Waals surface area contributed by atoms with Crippen LogP contribution in [0.5, 0.6) is 0 Å². The summed E-state index contributed by atoms with van der Waals surface area (Å²) in [5.74, 6) is -0.241. The lowest BCUT2D eigenvalue weighted by Gasteiger charge is -1.96. The number of nitrogens with zero attached hydrogens (tertiary/aromatic N) is 3. The summed E-state index contributed by atoms with van der Waals surface area (Å²) in [6.45, 7) is 0. The van der Waals surface area contributed by atoms with Crippen LogP contribution in [0.25, 0.3) is 10.6 Å². The lowest BCUT2D eigenvalue weighted by atomic mass is 10.2. The number of nitro groups is 1. The molecule has 0 aliphatic rings. The van der Waals surface area contributed by atoms with Gasteiger partial charge in [0.05, 0.1) is 12.0 Å². The van der Waals surface area contributed by atoms with Gasteiger partial charge in [-0.2, -0.15) is 0 Å². The smallest absolute Gasteiger partial charge is 0.305 e. The second-order valence-corrected chi connectivity index (χ2v) is 5.30. The van der Waals surface area contributed by atoms with Gasteiger partial charge in [-0.3, -0.25) is 14.9 Å². The fourth-order valence-electron chi connectivity index (χ4n) is 1.68. The summed E-state index contributed by atoms with van der Waals surface area (Å²) in [6.07, 6.45) is 1.66. The Kier molecular flexibility index (Phi) is 4.94. The van der Waals surface area contributed by atoms with Gasteiger partial charge < -0.3 is 4.74 Å². The number of benzene rings is 1. The largest absolute Gasteiger partial charge is 0.469 e. The summed E-state index contributed by atoms with van der Waals surface area (Å²) in [7, 11) is 1.36. The molecule has 8 heteroatoms. The average Bonchev–Trinajstić information content (AvgIpc) is 2.96. The molecule has 0 unspecified atom stereocenters. The first kappa shape index (κ1) is 15.0. The van der Waals surface area contributed by atoms with Gasteiger partial charge in [0.2, 0.25) is 0 Å². The van der Waals surface area contributed by atoms with Crippen molar-refractivity contribution in [3.8, 4) is 10.6 Å². The zero-order valence-electron chi connectivity index (χ0n) is 11.3.